The molecule has 0 saturated carbocycles. The number of rotatable bonds is 6. The second kappa shape index (κ2) is 5.71. The molecule has 2 rings (SSSR count). The quantitative estimate of drug-likeness (QED) is 0.818. The summed E-state index contributed by atoms with van der Waals surface area (Å²) in [6, 6.07) is 1.73. The lowest BCUT2D eigenvalue weighted by molar-refractivity contribution is 0.127. The lowest BCUT2D eigenvalue weighted by atomic mass is 10.2. The van der Waals surface area contributed by atoms with E-state index in [-0.39, 0.29) is 11.9 Å². The van der Waals surface area contributed by atoms with Gasteiger partial charge in [-0.2, -0.15) is 5.10 Å². The molecule has 1 saturated heterocycles. The zero-order valence-corrected chi connectivity index (χ0v) is 11.3. The van der Waals surface area contributed by atoms with Crippen molar-refractivity contribution in [3.8, 4) is 0 Å². The number of hydrogen-bond donors (Lipinski definition) is 2. The third kappa shape index (κ3) is 3.71. The van der Waals surface area contributed by atoms with Crippen LogP contribution in [0.15, 0.2) is 6.07 Å². The number of sulfonamides is 1. The number of nitrogens with zero attached hydrogens (tertiary/aromatic N) is 1. The Balaban J connectivity index is 1.93. The van der Waals surface area contributed by atoms with Crippen molar-refractivity contribution in [1.29, 1.82) is 0 Å². The fourth-order valence-electron chi connectivity index (χ4n) is 2.03. The van der Waals surface area contributed by atoms with Crippen molar-refractivity contribution in [2.75, 3.05) is 17.1 Å². The topological polar surface area (TPSA) is 84.1 Å². The Kier molecular flexibility index (Phi) is 4.23. The van der Waals surface area contributed by atoms with Crippen LogP contribution < -0.4 is 4.72 Å². The highest BCUT2D eigenvalue weighted by Crippen LogP contribution is 2.16. The van der Waals surface area contributed by atoms with E-state index in [4.69, 9.17) is 4.74 Å². The monoisotopic (exact) mass is 273 g/mol. The van der Waals surface area contributed by atoms with Gasteiger partial charge >= 0.3 is 0 Å². The van der Waals surface area contributed by atoms with E-state index >= 15 is 0 Å². The summed E-state index contributed by atoms with van der Waals surface area (Å²) in [5.74, 6) is 0.361. The van der Waals surface area contributed by atoms with Crippen molar-refractivity contribution in [3.63, 3.8) is 0 Å². The lowest BCUT2D eigenvalue weighted by Gasteiger charge is -2.10. The molecular formula is C11H19N3O3S. The first-order valence-corrected chi connectivity index (χ1v) is 7.90. The van der Waals surface area contributed by atoms with Gasteiger partial charge in [0.2, 0.25) is 10.0 Å². The van der Waals surface area contributed by atoms with Gasteiger partial charge in [0.25, 0.3) is 0 Å². The summed E-state index contributed by atoms with van der Waals surface area (Å²) < 4.78 is 31.6. The van der Waals surface area contributed by atoms with E-state index in [0.29, 0.717) is 12.4 Å². The molecule has 2 heterocycles. The first kappa shape index (κ1) is 13.4. The SMILES string of the molecule is CCCc1cc(NS(=O)(=O)CC2CCCO2)n[nH]1. The number of aryl methyl sites for hydroxylation is 1. The number of ether oxygens (including phenoxy) is 1. The highest BCUT2D eigenvalue weighted by Gasteiger charge is 2.23. The molecule has 1 aromatic heterocycles. The van der Waals surface area contributed by atoms with Crippen LogP contribution in [0.4, 0.5) is 5.82 Å². The molecule has 0 amide bonds. The van der Waals surface area contributed by atoms with Gasteiger partial charge in [0, 0.05) is 18.4 Å². The average molecular weight is 273 g/mol. The van der Waals surface area contributed by atoms with E-state index in [9.17, 15) is 8.42 Å². The summed E-state index contributed by atoms with van der Waals surface area (Å²) in [7, 11) is -3.38. The maximum Gasteiger partial charge on any atom is 0.236 e. The molecule has 1 fully saturated rings. The Hall–Kier alpha value is -1.08. The van der Waals surface area contributed by atoms with Gasteiger partial charge in [0.05, 0.1) is 11.9 Å². The molecule has 1 unspecified atom stereocenters. The molecule has 0 spiro atoms. The van der Waals surface area contributed by atoms with E-state index < -0.39 is 10.0 Å². The maximum absolute atomic E-state index is 11.9. The van der Waals surface area contributed by atoms with Crippen LogP contribution in [0.25, 0.3) is 0 Å². The smallest absolute Gasteiger partial charge is 0.236 e. The molecule has 18 heavy (non-hydrogen) atoms. The standard InChI is InChI=1S/C11H19N3O3S/c1-2-4-9-7-11(13-12-9)14-18(15,16)8-10-5-3-6-17-10/h7,10H,2-6,8H2,1H3,(H2,12,13,14). The van der Waals surface area contributed by atoms with Crippen molar-refractivity contribution >= 4 is 15.8 Å². The minimum absolute atomic E-state index is 0.00295. The predicted octanol–water partition coefficient (Wildman–Crippen LogP) is 1.28. The van der Waals surface area contributed by atoms with Crippen molar-refractivity contribution < 1.29 is 13.2 Å². The Labute approximate surface area is 107 Å². The van der Waals surface area contributed by atoms with Crippen LogP contribution >= 0.6 is 0 Å². The van der Waals surface area contributed by atoms with Crippen LogP contribution in [0.3, 0.4) is 0 Å². The van der Waals surface area contributed by atoms with Crippen molar-refractivity contribution in [3.05, 3.63) is 11.8 Å². The Morgan fingerprint density at radius 1 is 1.61 bits per heavy atom. The molecule has 7 heteroatoms. The first-order valence-electron chi connectivity index (χ1n) is 6.25. The molecular weight excluding hydrogens is 254 g/mol. The van der Waals surface area contributed by atoms with E-state index in [1.54, 1.807) is 6.07 Å². The average Bonchev–Trinajstić information content (AvgIpc) is 2.90. The van der Waals surface area contributed by atoms with E-state index in [1.165, 1.54) is 0 Å². The largest absolute Gasteiger partial charge is 0.377 e. The maximum atomic E-state index is 11.9. The third-order valence-electron chi connectivity index (χ3n) is 2.84. The molecule has 1 aliphatic rings. The number of aromatic amines is 1. The fraction of sp³-hybridized carbons (Fsp3) is 0.727. The number of H-pyrrole nitrogens is 1. The van der Waals surface area contributed by atoms with Crippen LogP contribution in [0, 0.1) is 0 Å². The molecule has 0 bridgehead atoms. The number of hydrogen-bond acceptors (Lipinski definition) is 4. The van der Waals surface area contributed by atoms with Crippen LogP contribution in [-0.2, 0) is 21.2 Å². The molecule has 1 aliphatic heterocycles. The van der Waals surface area contributed by atoms with Crippen LogP contribution in [0.2, 0.25) is 0 Å². The number of nitrogens with one attached hydrogen (secondary N) is 2. The normalized spacial score (nSPS) is 20.2. The molecule has 1 atom stereocenters. The molecule has 2 N–H and O–H groups in total. The van der Waals surface area contributed by atoms with Gasteiger partial charge in [-0.25, -0.2) is 8.42 Å². The summed E-state index contributed by atoms with van der Waals surface area (Å²) in [5.41, 5.74) is 0.937. The van der Waals surface area contributed by atoms with Crippen LogP contribution in [0.5, 0.6) is 0 Å². The number of anilines is 1. The Morgan fingerprint density at radius 2 is 2.44 bits per heavy atom. The van der Waals surface area contributed by atoms with Gasteiger partial charge in [-0.1, -0.05) is 13.3 Å². The first-order chi connectivity index (χ1) is 8.59. The van der Waals surface area contributed by atoms with E-state index in [0.717, 1.165) is 31.4 Å². The predicted molar refractivity (Wildman–Crippen MR) is 69.0 cm³/mol. The van der Waals surface area contributed by atoms with Crippen molar-refractivity contribution in [2.24, 2.45) is 0 Å². The number of aromatic nitrogens is 2. The molecule has 0 aliphatic carbocycles. The Morgan fingerprint density at radius 3 is 3.11 bits per heavy atom. The van der Waals surface area contributed by atoms with Crippen molar-refractivity contribution in [1.82, 2.24) is 10.2 Å². The second-order valence-corrected chi connectivity index (χ2v) is 6.31. The molecule has 0 aromatic carbocycles. The molecule has 6 nitrogen and oxygen atoms in total. The second-order valence-electron chi connectivity index (χ2n) is 4.55. The van der Waals surface area contributed by atoms with E-state index in [1.807, 2.05) is 0 Å². The van der Waals surface area contributed by atoms with Gasteiger partial charge in [-0.15, -0.1) is 0 Å². The summed E-state index contributed by atoms with van der Waals surface area (Å²) in [6.45, 7) is 2.71. The van der Waals surface area contributed by atoms with Gasteiger partial charge in [0.15, 0.2) is 5.82 Å². The minimum atomic E-state index is -3.38. The van der Waals surface area contributed by atoms with Gasteiger partial charge in [0.1, 0.15) is 0 Å². The minimum Gasteiger partial charge on any atom is -0.377 e. The van der Waals surface area contributed by atoms with Gasteiger partial charge in [-0.3, -0.25) is 9.82 Å². The summed E-state index contributed by atoms with van der Waals surface area (Å²) in [6.07, 6.45) is 3.41. The summed E-state index contributed by atoms with van der Waals surface area (Å²) in [4.78, 5) is 0. The zero-order valence-electron chi connectivity index (χ0n) is 10.5. The highest BCUT2D eigenvalue weighted by atomic mass is 32.2. The molecule has 1 aromatic rings. The lowest BCUT2D eigenvalue weighted by Crippen LogP contribution is -2.25. The zero-order chi connectivity index (χ0) is 13.0. The summed E-state index contributed by atoms with van der Waals surface area (Å²) >= 11 is 0. The van der Waals surface area contributed by atoms with Crippen LogP contribution in [0.1, 0.15) is 31.9 Å². The molecule has 0 radical (unpaired) electrons. The van der Waals surface area contributed by atoms with Crippen LogP contribution in [-0.4, -0.2) is 37.1 Å². The summed E-state index contributed by atoms with van der Waals surface area (Å²) in [5, 5.41) is 6.75. The van der Waals surface area contributed by atoms with E-state index in [2.05, 4.69) is 21.8 Å². The third-order valence-corrected chi connectivity index (χ3v) is 4.17. The highest BCUT2D eigenvalue weighted by molar-refractivity contribution is 7.92. The Bertz CT molecular complexity index is 477. The molecule has 102 valence electrons. The van der Waals surface area contributed by atoms with Gasteiger partial charge < -0.3 is 4.74 Å². The van der Waals surface area contributed by atoms with Crippen molar-refractivity contribution in [2.45, 2.75) is 38.7 Å². The fourth-order valence-corrected chi connectivity index (χ4v) is 3.29. The van der Waals surface area contributed by atoms with Gasteiger partial charge in [-0.05, 0) is 19.3 Å².